The van der Waals surface area contributed by atoms with E-state index in [4.69, 9.17) is 4.74 Å². The molecule has 0 unspecified atom stereocenters. The molecular formula is C41H30Br2N2O6. The number of hydrogen-bond acceptors (Lipinski definition) is 6. The van der Waals surface area contributed by atoms with Gasteiger partial charge < -0.3 is 19.1 Å². The fourth-order valence-corrected chi connectivity index (χ4v) is 6.83. The number of fused-ring (bicyclic) bond motifs is 4. The molecule has 0 fully saturated rings. The van der Waals surface area contributed by atoms with Crippen LogP contribution >= 0.6 is 31.9 Å². The summed E-state index contributed by atoms with van der Waals surface area (Å²) in [5, 5.41) is 12.1. The van der Waals surface area contributed by atoms with Crippen molar-refractivity contribution < 1.29 is 20.9 Å². The fourth-order valence-electron chi connectivity index (χ4n) is 6.20. The third kappa shape index (κ3) is 6.35. The quantitative estimate of drug-likeness (QED) is 0.101. The SMILES string of the molecule is C.O=COc1cccc(C(=O)O)c1N(c1ccccc1)c1ccc(Br)cc1.O=c1c2ccccc2n2c3ccc(Br)cc3c(=O)c3cccc1c32.[2HH]. The maximum Gasteiger partial charge on any atom is 0.337 e. The normalized spacial score (nSPS) is 10.8. The summed E-state index contributed by atoms with van der Waals surface area (Å²) in [5.41, 5.74) is 4.00. The molecule has 10 heteroatoms. The number of ether oxygens (including phenoxy) is 1. The Hall–Kier alpha value is -5.84. The molecule has 0 saturated carbocycles. The number of carboxylic acids is 1. The van der Waals surface area contributed by atoms with Crippen LogP contribution in [-0.4, -0.2) is 21.9 Å². The molecule has 8 aromatic rings. The van der Waals surface area contributed by atoms with E-state index in [2.05, 4.69) is 31.9 Å². The van der Waals surface area contributed by atoms with Crippen LogP contribution in [-0.2, 0) is 4.79 Å². The molecular weight excluding hydrogens is 776 g/mol. The molecule has 0 aliphatic rings. The zero-order valence-electron chi connectivity index (χ0n) is 25.9. The van der Waals surface area contributed by atoms with Crippen molar-refractivity contribution in [2.45, 2.75) is 7.43 Å². The summed E-state index contributed by atoms with van der Waals surface area (Å²) in [6.45, 7) is 0.287. The minimum absolute atomic E-state index is 0. The highest BCUT2D eigenvalue weighted by Gasteiger charge is 2.24. The van der Waals surface area contributed by atoms with Gasteiger partial charge in [-0.1, -0.05) is 81.8 Å². The summed E-state index contributed by atoms with van der Waals surface area (Å²) in [6.07, 6.45) is 0. The molecule has 0 aliphatic heterocycles. The van der Waals surface area contributed by atoms with Crippen molar-refractivity contribution in [1.29, 1.82) is 0 Å². The van der Waals surface area contributed by atoms with E-state index in [-0.39, 0.29) is 43.2 Å². The molecule has 0 saturated heterocycles. The van der Waals surface area contributed by atoms with Crippen LogP contribution in [0.15, 0.2) is 152 Å². The van der Waals surface area contributed by atoms with Crippen LogP contribution in [0.3, 0.4) is 0 Å². The lowest BCUT2D eigenvalue weighted by Gasteiger charge is -2.28. The molecule has 8 rings (SSSR count). The van der Waals surface area contributed by atoms with Crippen molar-refractivity contribution in [2.75, 3.05) is 4.90 Å². The van der Waals surface area contributed by atoms with Crippen molar-refractivity contribution in [2.24, 2.45) is 0 Å². The van der Waals surface area contributed by atoms with Gasteiger partial charge in [0.15, 0.2) is 16.6 Å². The fraction of sp³-hybridized carbons (Fsp3) is 0.0244. The van der Waals surface area contributed by atoms with Gasteiger partial charge in [0.25, 0.3) is 6.47 Å². The van der Waals surface area contributed by atoms with Gasteiger partial charge in [-0.3, -0.25) is 14.4 Å². The zero-order valence-corrected chi connectivity index (χ0v) is 29.1. The number of pyridine rings is 2. The van der Waals surface area contributed by atoms with Crippen LogP contribution in [0.5, 0.6) is 5.75 Å². The summed E-state index contributed by atoms with van der Waals surface area (Å²) in [4.78, 5) is 50.4. The minimum Gasteiger partial charge on any atom is -0.478 e. The molecule has 0 aliphatic carbocycles. The first-order valence-corrected chi connectivity index (χ1v) is 16.9. The Morgan fingerprint density at radius 3 is 1.92 bits per heavy atom. The van der Waals surface area contributed by atoms with Gasteiger partial charge in [-0.2, -0.15) is 0 Å². The third-order valence-electron chi connectivity index (χ3n) is 8.31. The second-order valence-electron chi connectivity index (χ2n) is 11.2. The minimum atomic E-state index is -1.12. The number of halogens is 2. The Morgan fingerprint density at radius 1 is 0.667 bits per heavy atom. The highest BCUT2D eigenvalue weighted by atomic mass is 79.9. The highest BCUT2D eigenvalue weighted by molar-refractivity contribution is 9.10. The number of para-hydroxylation sites is 4. The van der Waals surface area contributed by atoms with E-state index in [0.717, 1.165) is 31.4 Å². The monoisotopic (exact) mass is 805 g/mol. The average Bonchev–Trinajstić information content (AvgIpc) is 3.13. The van der Waals surface area contributed by atoms with E-state index < -0.39 is 5.97 Å². The number of benzene rings is 6. The largest absolute Gasteiger partial charge is 0.478 e. The number of anilines is 3. The predicted molar refractivity (Wildman–Crippen MR) is 213 cm³/mol. The number of aromatic nitrogens is 1. The summed E-state index contributed by atoms with van der Waals surface area (Å²) < 4.78 is 8.86. The van der Waals surface area contributed by atoms with Gasteiger partial charge in [0.05, 0.1) is 22.1 Å². The molecule has 0 radical (unpaired) electrons. The molecule has 0 amide bonds. The summed E-state index contributed by atoms with van der Waals surface area (Å²) >= 11 is 6.85. The lowest BCUT2D eigenvalue weighted by Crippen LogP contribution is -2.15. The zero-order chi connectivity index (χ0) is 34.9. The molecule has 0 atom stereocenters. The number of hydrogen-bond donors (Lipinski definition) is 1. The number of carbonyl (C=O) groups excluding carboxylic acids is 1. The Bertz CT molecular complexity index is 2700. The molecule has 254 valence electrons. The Labute approximate surface area is 309 Å². The van der Waals surface area contributed by atoms with Crippen LogP contribution in [0, 0.1) is 0 Å². The Morgan fingerprint density at radius 2 is 1.24 bits per heavy atom. The van der Waals surface area contributed by atoms with Gasteiger partial charge in [0, 0.05) is 43.3 Å². The maximum absolute atomic E-state index is 13.0. The molecule has 0 bridgehead atoms. The summed E-state index contributed by atoms with van der Waals surface area (Å²) in [7, 11) is 0. The van der Waals surface area contributed by atoms with Crippen molar-refractivity contribution in [1.82, 2.24) is 4.40 Å². The Balaban J connectivity index is 0.000000194. The number of nitrogens with zero attached hydrogens (tertiary/aromatic N) is 2. The lowest BCUT2D eigenvalue weighted by molar-refractivity contribution is -0.120. The Kier molecular flexibility index (Phi) is 9.99. The van der Waals surface area contributed by atoms with Crippen LogP contribution in [0.2, 0.25) is 0 Å². The van der Waals surface area contributed by atoms with Gasteiger partial charge in [0.2, 0.25) is 0 Å². The van der Waals surface area contributed by atoms with Gasteiger partial charge in [-0.15, -0.1) is 0 Å². The number of carbonyl (C=O) groups is 2. The van der Waals surface area contributed by atoms with Crippen molar-refractivity contribution in [3.05, 3.63) is 168 Å². The van der Waals surface area contributed by atoms with Crippen molar-refractivity contribution in [3.8, 4) is 5.75 Å². The summed E-state index contributed by atoms with van der Waals surface area (Å²) in [5.74, 6) is -0.957. The van der Waals surface area contributed by atoms with E-state index in [1.54, 1.807) is 29.2 Å². The smallest absolute Gasteiger partial charge is 0.337 e. The molecule has 6 aromatic carbocycles. The lowest BCUT2D eigenvalue weighted by atomic mass is 10.0. The number of carboxylic acid groups (broad SMARTS) is 1. The van der Waals surface area contributed by atoms with Crippen molar-refractivity contribution in [3.63, 3.8) is 0 Å². The van der Waals surface area contributed by atoms with Crippen LogP contribution in [0.4, 0.5) is 17.1 Å². The van der Waals surface area contributed by atoms with Crippen LogP contribution in [0.1, 0.15) is 19.2 Å². The second-order valence-corrected chi connectivity index (χ2v) is 13.0. The molecule has 51 heavy (non-hydrogen) atoms. The first-order valence-electron chi connectivity index (χ1n) is 15.3. The summed E-state index contributed by atoms with van der Waals surface area (Å²) in [6, 6.07) is 39.8. The predicted octanol–water partition coefficient (Wildman–Crippen LogP) is 10.4. The number of rotatable bonds is 6. The molecule has 0 spiro atoms. The van der Waals surface area contributed by atoms with E-state index in [1.807, 2.05) is 101 Å². The van der Waals surface area contributed by atoms with E-state index in [1.165, 1.54) is 12.1 Å². The van der Waals surface area contributed by atoms with Gasteiger partial charge in [-0.25, -0.2) is 4.79 Å². The van der Waals surface area contributed by atoms with E-state index >= 15 is 0 Å². The number of aromatic carboxylic acids is 1. The van der Waals surface area contributed by atoms with Gasteiger partial charge in [-0.05, 0) is 91.0 Å². The topological polar surface area (TPSA) is 105 Å². The molecule has 1 N–H and O–H groups in total. The van der Waals surface area contributed by atoms with Crippen LogP contribution < -0.4 is 20.5 Å². The third-order valence-corrected chi connectivity index (χ3v) is 9.33. The van der Waals surface area contributed by atoms with Crippen molar-refractivity contribution >= 4 is 99.5 Å². The average molecular weight is 808 g/mol. The highest BCUT2D eigenvalue weighted by Crippen LogP contribution is 2.42. The standard InChI is InChI=1S/C20H14BrNO4.C20H10BrNO2.CH4.H2/c21-14-9-11-16(12-10-14)22(15-5-2-1-3-6-15)19-17(20(24)25)7-4-8-18(19)26-13-23;21-11-8-9-17-15(10-11)20(24)14-6-3-5-13-18(14)22(17)16-7-2-1-4-12(16)19(13)23;;/h1-13H,(H,24,25);1-10H;1H4;1H/i;;;1+1. The first kappa shape index (κ1) is 35.0. The maximum atomic E-state index is 13.0. The molecule has 2 aromatic heterocycles. The van der Waals surface area contributed by atoms with Crippen LogP contribution in [0.25, 0.3) is 38.1 Å². The molecule has 8 nitrogen and oxygen atoms in total. The molecule has 2 heterocycles. The van der Waals surface area contributed by atoms with Gasteiger partial charge in [0.1, 0.15) is 5.69 Å². The second kappa shape index (κ2) is 14.6. The first-order chi connectivity index (χ1) is 24.3. The van der Waals surface area contributed by atoms with E-state index in [9.17, 15) is 24.3 Å². The van der Waals surface area contributed by atoms with E-state index in [0.29, 0.717) is 27.1 Å². The van der Waals surface area contributed by atoms with Gasteiger partial charge >= 0.3 is 5.97 Å².